The smallest absolute Gasteiger partial charge is 0.342 e. The van der Waals surface area contributed by atoms with Crippen LogP contribution in [0, 0.1) is 0 Å². The summed E-state index contributed by atoms with van der Waals surface area (Å²) in [6.07, 6.45) is -1.90. The van der Waals surface area contributed by atoms with Crippen LogP contribution in [-0.4, -0.2) is 32.0 Å². The highest BCUT2D eigenvalue weighted by Gasteiger charge is 2.28. The van der Waals surface area contributed by atoms with E-state index in [1.54, 1.807) is 25.1 Å². The molecule has 1 heterocycles. The second kappa shape index (κ2) is 5.88. The third kappa shape index (κ3) is 2.96. The van der Waals surface area contributed by atoms with Crippen LogP contribution in [0.3, 0.4) is 0 Å². The van der Waals surface area contributed by atoms with Crippen LogP contribution in [0.1, 0.15) is 18.5 Å². The predicted molar refractivity (Wildman–Crippen MR) is 65.9 cm³/mol. The average Bonchev–Trinajstić information content (AvgIpc) is 2.45. The van der Waals surface area contributed by atoms with E-state index in [0.29, 0.717) is 30.3 Å². The van der Waals surface area contributed by atoms with Crippen molar-refractivity contribution in [1.29, 1.82) is 0 Å². The Bertz CT molecular complexity index is 466. The molecule has 0 radical (unpaired) electrons. The van der Waals surface area contributed by atoms with Gasteiger partial charge in [-0.15, -0.1) is 0 Å². The van der Waals surface area contributed by atoms with Crippen LogP contribution in [-0.2, 0) is 9.53 Å². The minimum absolute atomic E-state index is 0.118. The van der Waals surface area contributed by atoms with E-state index >= 15 is 0 Å². The van der Waals surface area contributed by atoms with Crippen molar-refractivity contribution in [3.05, 3.63) is 23.8 Å². The van der Waals surface area contributed by atoms with E-state index in [2.05, 4.69) is 4.74 Å². The van der Waals surface area contributed by atoms with Gasteiger partial charge in [0, 0.05) is 0 Å². The second-order valence-electron chi connectivity index (χ2n) is 4.08. The van der Waals surface area contributed by atoms with Crippen LogP contribution in [0.15, 0.2) is 18.2 Å². The van der Waals surface area contributed by atoms with Gasteiger partial charge in [-0.1, -0.05) is 6.07 Å². The molecule has 104 valence electrons. The summed E-state index contributed by atoms with van der Waals surface area (Å²) in [6.45, 7) is 2.64. The van der Waals surface area contributed by atoms with Crippen molar-refractivity contribution in [3.63, 3.8) is 0 Å². The maximum absolute atomic E-state index is 13.8. The summed E-state index contributed by atoms with van der Waals surface area (Å²) in [5.74, 6) is 0.147. The fourth-order valence-corrected chi connectivity index (χ4v) is 1.80. The third-order valence-electron chi connectivity index (χ3n) is 2.78. The van der Waals surface area contributed by atoms with Crippen LogP contribution >= 0.6 is 0 Å². The Morgan fingerprint density at radius 3 is 2.79 bits per heavy atom. The van der Waals surface area contributed by atoms with Gasteiger partial charge in [-0.3, -0.25) is 0 Å². The largest absolute Gasteiger partial charge is 0.486 e. The maximum atomic E-state index is 13.8. The van der Waals surface area contributed by atoms with Gasteiger partial charge in [0.1, 0.15) is 13.2 Å². The van der Waals surface area contributed by atoms with Gasteiger partial charge in [0.2, 0.25) is 6.17 Å². The summed E-state index contributed by atoms with van der Waals surface area (Å²) in [7, 11) is 0. The number of esters is 1. The minimum atomic E-state index is -1.90. The molecule has 0 bridgehead atoms. The molecule has 0 spiro atoms. The van der Waals surface area contributed by atoms with E-state index in [0.717, 1.165) is 0 Å². The molecule has 19 heavy (non-hydrogen) atoms. The van der Waals surface area contributed by atoms with E-state index in [-0.39, 0.29) is 6.61 Å². The van der Waals surface area contributed by atoms with E-state index in [9.17, 15) is 9.18 Å². The zero-order chi connectivity index (χ0) is 13.8. The molecular weight excluding hydrogens is 253 g/mol. The van der Waals surface area contributed by atoms with Crippen molar-refractivity contribution in [2.45, 2.75) is 19.1 Å². The molecule has 1 aromatic carbocycles. The molecule has 1 aromatic rings. The SMILES string of the molecule is CCOC(=O)C(F)[C@@H](N)c1ccc2c(c1)OCCO2. The predicted octanol–water partition coefficient (Wildman–Crippen LogP) is 1.36. The van der Waals surface area contributed by atoms with Crippen LogP contribution in [0.2, 0.25) is 0 Å². The highest BCUT2D eigenvalue weighted by molar-refractivity contribution is 5.75. The molecular formula is C13H16FNO4. The molecule has 1 unspecified atom stereocenters. The molecule has 0 aliphatic carbocycles. The number of halogens is 1. The van der Waals surface area contributed by atoms with Gasteiger partial charge in [0.15, 0.2) is 11.5 Å². The fourth-order valence-electron chi connectivity index (χ4n) is 1.80. The topological polar surface area (TPSA) is 70.8 Å². The number of alkyl halides is 1. The van der Waals surface area contributed by atoms with Crippen LogP contribution in [0.5, 0.6) is 11.5 Å². The second-order valence-corrected chi connectivity index (χ2v) is 4.08. The number of ether oxygens (including phenoxy) is 3. The number of benzene rings is 1. The number of hydrogen-bond donors (Lipinski definition) is 1. The zero-order valence-electron chi connectivity index (χ0n) is 10.6. The quantitative estimate of drug-likeness (QED) is 0.836. The Balaban J connectivity index is 2.14. The lowest BCUT2D eigenvalue weighted by Crippen LogP contribution is -2.31. The summed E-state index contributed by atoms with van der Waals surface area (Å²) in [5.41, 5.74) is 6.19. The maximum Gasteiger partial charge on any atom is 0.342 e. The first-order chi connectivity index (χ1) is 9.13. The number of nitrogens with two attached hydrogens (primary N) is 1. The lowest BCUT2D eigenvalue weighted by Gasteiger charge is -2.21. The lowest BCUT2D eigenvalue weighted by molar-refractivity contribution is -0.149. The normalized spacial score (nSPS) is 16.6. The molecule has 0 fully saturated rings. The molecule has 0 aromatic heterocycles. The van der Waals surface area contributed by atoms with Gasteiger partial charge in [0.25, 0.3) is 0 Å². The van der Waals surface area contributed by atoms with Crippen molar-refractivity contribution in [2.24, 2.45) is 5.73 Å². The van der Waals surface area contributed by atoms with Gasteiger partial charge >= 0.3 is 5.97 Å². The van der Waals surface area contributed by atoms with E-state index in [1.807, 2.05) is 0 Å². The lowest BCUT2D eigenvalue weighted by atomic mass is 10.0. The highest BCUT2D eigenvalue weighted by atomic mass is 19.1. The summed E-state index contributed by atoms with van der Waals surface area (Å²) >= 11 is 0. The zero-order valence-corrected chi connectivity index (χ0v) is 10.6. The Kier molecular flexibility index (Phi) is 4.21. The monoisotopic (exact) mass is 269 g/mol. The third-order valence-corrected chi connectivity index (χ3v) is 2.78. The first-order valence-corrected chi connectivity index (χ1v) is 6.09. The number of hydrogen-bond acceptors (Lipinski definition) is 5. The molecule has 2 atom stereocenters. The van der Waals surface area contributed by atoms with Gasteiger partial charge in [0.05, 0.1) is 12.6 Å². The van der Waals surface area contributed by atoms with Crippen molar-refractivity contribution < 1.29 is 23.4 Å². The number of carbonyl (C=O) groups is 1. The Morgan fingerprint density at radius 1 is 1.42 bits per heavy atom. The highest BCUT2D eigenvalue weighted by Crippen LogP contribution is 2.33. The Hall–Kier alpha value is -1.82. The number of fused-ring (bicyclic) bond motifs is 1. The molecule has 0 saturated carbocycles. The van der Waals surface area contributed by atoms with Crippen molar-refractivity contribution >= 4 is 5.97 Å². The van der Waals surface area contributed by atoms with Crippen LogP contribution in [0.25, 0.3) is 0 Å². The van der Waals surface area contributed by atoms with E-state index in [4.69, 9.17) is 15.2 Å². The Morgan fingerprint density at radius 2 is 2.11 bits per heavy atom. The summed E-state index contributed by atoms with van der Waals surface area (Å²) in [6, 6.07) is 3.77. The first kappa shape index (κ1) is 13.6. The number of carbonyl (C=O) groups excluding carboxylic acids is 1. The summed E-state index contributed by atoms with van der Waals surface area (Å²) < 4.78 is 29.2. The molecule has 0 saturated heterocycles. The molecule has 5 nitrogen and oxygen atoms in total. The average molecular weight is 269 g/mol. The van der Waals surface area contributed by atoms with Gasteiger partial charge in [-0.2, -0.15) is 0 Å². The number of rotatable bonds is 4. The van der Waals surface area contributed by atoms with E-state index < -0.39 is 18.2 Å². The molecule has 1 aliphatic heterocycles. The van der Waals surface area contributed by atoms with Crippen molar-refractivity contribution in [3.8, 4) is 11.5 Å². The fraction of sp³-hybridized carbons (Fsp3) is 0.462. The van der Waals surface area contributed by atoms with Crippen molar-refractivity contribution in [2.75, 3.05) is 19.8 Å². The van der Waals surface area contributed by atoms with Gasteiger partial charge in [-0.25, -0.2) is 9.18 Å². The van der Waals surface area contributed by atoms with Gasteiger partial charge < -0.3 is 19.9 Å². The standard InChI is InChI=1S/C13H16FNO4/c1-2-17-13(16)11(14)12(15)8-3-4-9-10(7-8)19-6-5-18-9/h3-4,7,11-12H,2,5-6,15H2,1H3/t11?,12-/m0/s1. The molecule has 2 N–H and O–H groups in total. The van der Waals surface area contributed by atoms with E-state index in [1.165, 1.54) is 0 Å². The molecule has 6 heteroatoms. The molecule has 2 rings (SSSR count). The summed E-state index contributed by atoms with van der Waals surface area (Å²) in [5, 5.41) is 0. The molecule has 0 amide bonds. The van der Waals surface area contributed by atoms with Crippen LogP contribution in [0.4, 0.5) is 4.39 Å². The van der Waals surface area contributed by atoms with Crippen LogP contribution < -0.4 is 15.2 Å². The minimum Gasteiger partial charge on any atom is -0.486 e. The van der Waals surface area contributed by atoms with Gasteiger partial charge in [-0.05, 0) is 24.6 Å². The summed E-state index contributed by atoms with van der Waals surface area (Å²) in [4.78, 5) is 11.3. The first-order valence-electron chi connectivity index (χ1n) is 6.09. The Labute approximate surface area is 110 Å². The van der Waals surface area contributed by atoms with Crippen molar-refractivity contribution in [1.82, 2.24) is 0 Å². The molecule has 1 aliphatic rings.